The fraction of sp³-hybridized carbons (Fsp3) is 0.0417. The molecule has 0 atom stereocenters. The summed E-state index contributed by atoms with van der Waals surface area (Å²) < 4.78 is 0. The molecule has 27 heavy (non-hydrogen) atoms. The molecule has 2 nitrogen and oxygen atoms in total. The van der Waals surface area contributed by atoms with Crippen LogP contribution in [0.1, 0.15) is 11.1 Å². The normalized spacial score (nSPS) is 11.3. The molecule has 4 aromatic rings. The standard InChI is InChI=1S/C24H19NOS/c26-23-15-14-19-10-4-5-11-20(19)21(23)16-25-22-12-6-7-13-24(22)27-17-18-8-2-1-3-9-18/h1-16,26H,17H2. The zero-order chi connectivity index (χ0) is 18.5. The summed E-state index contributed by atoms with van der Waals surface area (Å²) in [6, 6.07) is 30.2. The van der Waals surface area contributed by atoms with Crippen molar-refractivity contribution in [1.29, 1.82) is 0 Å². The predicted octanol–water partition coefficient (Wildman–Crippen LogP) is 6.59. The second-order valence-corrected chi connectivity index (χ2v) is 7.24. The first-order chi connectivity index (χ1) is 13.3. The summed E-state index contributed by atoms with van der Waals surface area (Å²) in [4.78, 5) is 5.82. The Kier molecular flexibility index (Phi) is 5.22. The number of aromatic hydroxyl groups is 1. The van der Waals surface area contributed by atoms with Gasteiger partial charge in [-0.05, 0) is 34.5 Å². The number of thioether (sulfide) groups is 1. The summed E-state index contributed by atoms with van der Waals surface area (Å²) in [6.07, 6.45) is 1.76. The number of benzene rings is 4. The monoisotopic (exact) mass is 369 g/mol. The van der Waals surface area contributed by atoms with Crippen LogP contribution in [0.3, 0.4) is 0 Å². The molecule has 0 unspecified atom stereocenters. The Morgan fingerprint density at radius 2 is 1.52 bits per heavy atom. The first kappa shape index (κ1) is 17.4. The minimum atomic E-state index is 0.242. The topological polar surface area (TPSA) is 32.6 Å². The average molecular weight is 369 g/mol. The van der Waals surface area contributed by atoms with Gasteiger partial charge in [0.25, 0.3) is 0 Å². The highest BCUT2D eigenvalue weighted by Crippen LogP contribution is 2.32. The summed E-state index contributed by atoms with van der Waals surface area (Å²) in [5.74, 6) is 1.14. The highest BCUT2D eigenvalue weighted by Gasteiger charge is 2.06. The molecule has 0 bridgehead atoms. The maximum absolute atomic E-state index is 10.3. The van der Waals surface area contributed by atoms with Crippen molar-refractivity contribution in [2.24, 2.45) is 4.99 Å². The van der Waals surface area contributed by atoms with Gasteiger partial charge in [-0.3, -0.25) is 4.99 Å². The van der Waals surface area contributed by atoms with Gasteiger partial charge in [0.1, 0.15) is 5.75 Å². The highest BCUT2D eigenvalue weighted by atomic mass is 32.2. The van der Waals surface area contributed by atoms with Crippen molar-refractivity contribution >= 4 is 34.4 Å². The van der Waals surface area contributed by atoms with Crippen LogP contribution in [0.25, 0.3) is 10.8 Å². The van der Waals surface area contributed by atoms with E-state index in [1.165, 1.54) is 5.56 Å². The molecule has 0 radical (unpaired) electrons. The van der Waals surface area contributed by atoms with Crippen LogP contribution in [-0.2, 0) is 5.75 Å². The molecule has 0 spiro atoms. The van der Waals surface area contributed by atoms with Crippen LogP contribution in [0.2, 0.25) is 0 Å². The highest BCUT2D eigenvalue weighted by molar-refractivity contribution is 7.98. The van der Waals surface area contributed by atoms with Crippen molar-refractivity contribution in [3.05, 3.63) is 102 Å². The van der Waals surface area contributed by atoms with E-state index in [-0.39, 0.29) is 5.75 Å². The largest absolute Gasteiger partial charge is 0.507 e. The lowest BCUT2D eigenvalue weighted by atomic mass is 10.0. The summed E-state index contributed by atoms with van der Waals surface area (Å²) in [7, 11) is 0. The van der Waals surface area contributed by atoms with Gasteiger partial charge in [-0.1, -0.05) is 72.8 Å². The maximum Gasteiger partial charge on any atom is 0.124 e. The lowest BCUT2D eigenvalue weighted by Crippen LogP contribution is -1.86. The summed E-state index contributed by atoms with van der Waals surface area (Å²) >= 11 is 1.77. The molecule has 0 aliphatic rings. The fourth-order valence-corrected chi connectivity index (χ4v) is 3.93. The van der Waals surface area contributed by atoms with Crippen molar-refractivity contribution in [1.82, 2.24) is 0 Å². The smallest absolute Gasteiger partial charge is 0.124 e. The van der Waals surface area contributed by atoms with Crippen LogP contribution >= 0.6 is 11.8 Å². The Hall–Kier alpha value is -3.04. The molecule has 0 aromatic heterocycles. The number of phenols is 1. The van der Waals surface area contributed by atoms with Gasteiger partial charge in [0.05, 0.1) is 5.69 Å². The third-order valence-corrected chi connectivity index (χ3v) is 5.52. The maximum atomic E-state index is 10.3. The Morgan fingerprint density at radius 1 is 0.778 bits per heavy atom. The number of phenolic OH excluding ortho intramolecular Hbond substituents is 1. The molecular weight excluding hydrogens is 350 g/mol. The quantitative estimate of drug-likeness (QED) is 0.318. The SMILES string of the molecule is Oc1ccc2ccccc2c1C=Nc1ccccc1SCc1ccccc1. The molecule has 0 heterocycles. The molecule has 0 aliphatic heterocycles. The van der Waals surface area contributed by atoms with Gasteiger partial charge >= 0.3 is 0 Å². The van der Waals surface area contributed by atoms with Gasteiger partial charge in [-0.2, -0.15) is 0 Å². The first-order valence-corrected chi connectivity index (χ1v) is 9.80. The Labute approximate surface area is 163 Å². The molecule has 4 rings (SSSR count). The third-order valence-electron chi connectivity index (χ3n) is 4.38. The van der Waals surface area contributed by atoms with Crippen molar-refractivity contribution in [2.75, 3.05) is 0 Å². The van der Waals surface area contributed by atoms with Gasteiger partial charge in [0, 0.05) is 22.4 Å². The second kappa shape index (κ2) is 8.11. The van der Waals surface area contributed by atoms with E-state index in [9.17, 15) is 5.11 Å². The summed E-state index contributed by atoms with van der Waals surface area (Å²) in [5.41, 5.74) is 2.94. The third kappa shape index (κ3) is 4.04. The number of aliphatic imine (C=N–C) groups is 1. The molecule has 0 saturated heterocycles. The average Bonchev–Trinajstić information content (AvgIpc) is 2.73. The lowest BCUT2D eigenvalue weighted by Gasteiger charge is -2.07. The minimum absolute atomic E-state index is 0.242. The van der Waals surface area contributed by atoms with E-state index in [0.717, 1.165) is 32.7 Å². The van der Waals surface area contributed by atoms with Crippen LogP contribution < -0.4 is 0 Å². The molecule has 132 valence electrons. The van der Waals surface area contributed by atoms with E-state index in [1.54, 1.807) is 24.0 Å². The molecule has 1 N–H and O–H groups in total. The van der Waals surface area contributed by atoms with Crippen molar-refractivity contribution in [3.63, 3.8) is 0 Å². The number of rotatable bonds is 5. The summed E-state index contributed by atoms with van der Waals surface area (Å²) in [6.45, 7) is 0. The summed E-state index contributed by atoms with van der Waals surface area (Å²) in [5, 5.41) is 12.4. The number of hydrogen-bond donors (Lipinski definition) is 1. The van der Waals surface area contributed by atoms with Crippen LogP contribution in [0.4, 0.5) is 5.69 Å². The van der Waals surface area contributed by atoms with Gasteiger partial charge in [-0.15, -0.1) is 11.8 Å². The van der Waals surface area contributed by atoms with E-state index >= 15 is 0 Å². The molecule has 0 aliphatic carbocycles. The van der Waals surface area contributed by atoms with Crippen LogP contribution in [-0.4, -0.2) is 11.3 Å². The van der Waals surface area contributed by atoms with E-state index < -0.39 is 0 Å². The van der Waals surface area contributed by atoms with E-state index in [4.69, 9.17) is 4.99 Å². The van der Waals surface area contributed by atoms with Crippen molar-refractivity contribution in [2.45, 2.75) is 10.6 Å². The lowest BCUT2D eigenvalue weighted by molar-refractivity contribution is 0.475. The van der Waals surface area contributed by atoms with Gasteiger partial charge in [-0.25, -0.2) is 0 Å². The molecule has 4 aromatic carbocycles. The zero-order valence-corrected chi connectivity index (χ0v) is 15.6. The number of hydrogen-bond acceptors (Lipinski definition) is 3. The van der Waals surface area contributed by atoms with Gasteiger partial charge < -0.3 is 5.11 Å². The molecule has 0 fully saturated rings. The van der Waals surface area contributed by atoms with Crippen molar-refractivity contribution in [3.8, 4) is 5.75 Å². The number of para-hydroxylation sites is 1. The zero-order valence-electron chi connectivity index (χ0n) is 14.7. The Balaban J connectivity index is 1.63. The number of fused-ring (bicyclic) bond motifs is 1. The van der Waals surface area contributed by atoms with E-state index in [1.807, 2.05) is 54.6 Å². The minimum Gasteiger partial charge on any atom is -0.507 e. The molecule has 0 amide bonds. The van der Waals surface area contributed by atoms with Gasteiger partial charge in [0.15, 0.2) is 0 Å². The molecule has 0 saturated carbocycles. The molecular formula is C24H19NOS. The van der Waals surface area contributed by atoms with E-state index in [0.29, 0.717) is 0 Å². The van der Waals surface area contributed by atoms with Crippen molar-refractivity contribution < 1.29 is 5.11 Å². The Morgan fingerprint density at radius 3 is 2.41 bits per heavy atom. The van der Waals surface area contributed by atoms with Crippen LogP contribution in [0.15, 0.2) is 101 Å². The first-order valence-electron chi connectivity index (χ1n) is 8.82. The Bertz CT molecular complexity index is 1090. The fourth-order valence-electron chi connectivity index (χ4n) is 2.98. The molecule has 3 heteroatoms. The predicted molar refractivity (Wildman–Crippen MR) is 115 cm³/mol. The second-order valence-electron chi connectivity index (χ2n) is 6.22. The van der Waals surface area contributed by atoms with Crippen LogP contribution in [0, 0.1) is 0 Å². The van der Waals surface area contributed by atoms with Gasteiger partial charge in [0.2, 0.25) is 0 Å². The number of nitrogens with zero attached hydrogens (tertiary/aromatic N) is 1. The van der Waals surface area contributed by atoms with E-state index in [2.05, 4.69) is 30.3 Å². The van der Waals surface area contributed by atoms with Crippen LogP contribution in [0.5, 0.6) is 5.75 Å².